The molecule has 1 atom stereocenters. The Morgan fingerprint density at radius 2 is 2.09 bits per heavy atom. The molecule has 184 valence electrons. The van der Waals surface area contributed by atoms with Crippen molar-refractivity contribution in [2.75, 3.05) is 25.0 Å². The molecule has 0 bridgehead atoms. The fourth-order valence-electron chi connectivity index (χ4n) is 4.22. The number of amides is 1. The summed E-state index contributed by atoms with van der Waals surface area (Å²) in [6.07, 6.45) is 4.76. The van der Waals surface area contributed by atoms with Crippen molar-refractivity contribution in [2.24, 2.45) is 5.92 Å². The number of aromatic hydroxyl groups is 1. The summed E-state index contributed by atoms with van der Waals surface area (Å²) in [6.45, 7) is 8.42. The summed E-state index contributed by atoms with van der Waals surface area (Å²) < 4.78 is 11.6. The highest BCUT2D eigenvalue weighted by atomic mass is 16.5. The number of carbonyl (C=O) groups is 1. The topological polar surface area (TPSA) is 101 Å². The van der Waals surface area contributed by atoms with Gasteiger partial charge >= 0.3 is 5.63 Å². The molecular weight excluding hydrogens is 444 g/mol. The molecular formula is C28H32N2O5. The molecule has 1 aromatic heterocycles. The summed E-state index contributed by atoms with van der Waals surface area (Å²) in [5, 5.41) is 16.8. The van der Waals surface area contributed by atoms with Gasteiger partial charge in [0.2, 0.25) is 0 Å². The normalized spacial score (nSPS) is 15.6. The van der Waals surface area contributed by atoms with Crippen molar-refractivity contribution in [1.82, 2.24) is 5.32 Å². The van der Waals surface area contributed by atoms with E-state index in [4.69, 9.17) is 9.15 Å². The third-order valence-corrected chi connectivity index (χ3v) is 6.29. The smallest absolute Gasteiger partial charge is 0.360 e. The van der Waals surface area contributed by atoms with E-state index in [0.717, 1.165) is 37.1 Å². The number of nitrogens with one attached hydrogen (secondary N) is 2. The van der Waals surface area contributed by atoms with Crippen LogP contribution in [0.3, 0.4) is 0 Å². The molecule has 3 N–H and O–H groups in total. The van der Waals surface area contributed by atoms with E-state index >= 15 is 0 Å². The molecule has 35 heavy (non-hydrogen) atoms. The van der Waals surface area contributed by atoms with Gasteiger partial charge in [0.05, 0.1) is 6.61 Å². The standard InChI is InChI=1S/C28H32N2O5/c1-17(2)6-7-20-13-22(8-10-24(20)31)27(32)30-23-14-21-9-11-25(18(3)26(21)35-28(23)33)34-16-19-5-4-12-29-15-19/h6,8-11,13-14,19,29,31H,4-5,7,12,15-16H2,1-3H3,(H,30,32). The number of piperidine rings is 1. The quantitative estimate of drug-likeness (QED) is 0.330. The molecule has 1 aliphatic rings. The van der Waals surface area contributed by atoms with Gasteiger partial charge in [-0.2, -0.15) is 0 Å². The number of carbonyl (C=O) groups excluding carboxylic acids is 1. The first-order valence-electron chi connectivity index (χ1n) is 12.0. The molecule has 3 aromatic rings. The van der Waals surface area contributed by atoms with Gasteiger partial charge in [0.1, 0.15) is 22.8 Å². The summed E-state index contributed by atoms with van der Waals surface area (Å²) in [4.78, 5) is 25.5. The Hall–Kier alpha value is -3.58. The van der Waals surface area contributed by atoms with Crippen LogP contribution in [-0.4, -0.2) is 30.7 Å². The fourth-order valence-corrected chi connectivity index (χ4v) is 4.22. The van der Waals surface area contributed by atoms with Crippen LogP contribution in [-0.2, 0) is 6.42 Å². The highest BCUT2D eigenvalue weighted by Crippen LogP contribution is 2.29. The van der Waals surface area contributed by atoms with E-state index in [-0.39, 0.29) is 11.4 Å². The maximum absolute atomic E-state index is 12.8. The van der Waals surface area contributed by atoms with Crippen LogP contribution in [0, 0.1) is 12.8 Å². The monoisotopic (exact) mass is 476 g/mol. The first kappa shape index (κ1) is 24.5. The number of rotatable bonds is 7. The van der Waals surface area contributed by atoms with Crippen LogP contribution in [0.4, 0.5) is 5.69 Å². The Kier molecular flexibility index (Phi) is 7.56. The van der Waals surface area contributed by atoms with E-state index < -0.39 is 11.5 Å². The van der Waals surface area contributed by atoms with Crippen molar-refractivity contribution in [3.63, 3.8) is 0 Å². The van der Waals surface area contributed by atoms with Gasteiger partial charge in [0, 0.05) is 29.0 Å². The first-order valence-corrected chi connectivity index (χ1v) is 12.0. The van der Waals surface area contributed by atoms with Crippen LogP contribution >= 0.6 is 0 Å². The molecule has 2 aromatic carbocycles. The summed E-state index contributed by atoms with van der Waals surface area (Å²) in [6, 6.07) is 9.95. The van der Waals surface area contributed by atoms with Gasteiger partial charge in [-0.25, -0.2) is 4.79 Å². The predicted octanol–water partition coefficient (Wildman–Crippen LogP) is 4.95. The molecule has 4 rings (SSSR count). The molecule has 2 heterocycles. The third kappa shape index (κ3) is 5.92. The second kappa shape index (κ2) is 10.8. The number of allylic oxidation sites excluding steroid dienone is 2. The lowest BCUT2D eigenvalue weighted by molar-refractivity contribution is 0.102. The third-order valence-electron chi connectivity index (χ3n) is 6.29. The van der Waals surface area contributed by atoms with E-state index in [1.165, 1.54) is 12.1 Å². The van der Waals surface area contributed by atoms with Gasteiger partial charge in [-0.1, -0.05) is 11.6 Å². The number of hydrogen-bond acceptors (Lipinski definition) is 6. The first-order chi connectivity index (χ1) is 16.8. The Labute approximate surface area is 204 Å². The molecule has 0 saturated carbocycles. The molecule has 1 amide bonds. The average molecular weight is 477 g/mol. The van der Waals surface area contributed by atoms with Gasteiger partial charge in [-0.05, 0) is 88.5 Å². The summed E-state index contributed by atoms with van der Waals surface area (Å²) in [7, 11) is 0. The Morgan fingerprint density at radius 3 is 2.83 bits per heavy atom. The maximum atomic E-state index is 12.8. The van der Waals surface area contributed by atoms with Crippen molar-refractivity contribution in [3.05, 3.63) is 75.2 Å². The van der Waals surface area contributed by atoms with Crippen LogP contribution in [0.5, 0.6) is 11.5 Å². The van der Waals surface area contributed by atoms with Gasteiger partial charge in [0.25, 0.3) is 5.91 Å². The Morgan fingerprint density at radius 1 is 1.26 bits per heavy atom. The Balaban J connectivity index is 1.52. The highest BCUT2D eigenvalue weighted by Gasteiger charge is 2.17. The summed E-state index contributed by atoms with van der Waals surface area (Å²) in [5.41, 5.74) is 2.72. The van der Waals surface area contributed by atoms with Crippen LogP contribution in [0.15, 0.2) is 57.3 Å². The minimum absolute atomic E-state index is 0.0581. The zero-order chi connectivity index (χ0) is 24.9. The van der Waals surface area contributed by atoms with Gasteiger partial charge in [-0.15, -0.1) is 0 Å². The zero-order valence-corrected chi connectivity index (χ0v) is 20.4. The number of fused-ring (bicyclic) bond motifs is 1. The van der Waals surface area contributed by atoms with Crippen molar-refractivity contribution < 1.29 is 19.1 Å². The van der Waals surface area contributed by atoms with Gasteiger partial charge in [0.15, 0.2) is 0 Å². The van der Waals surface area contributed by atoms with Gasteiger partial charge in [-0.3, -0.25) is 4.79 Å². The number of ether oxygens (including phenoxy) is 1. The lowest BCUT2D eigenvalue weighted by atomic mass is 10.0. The molecule has 1 unspecified atom stereocenters. The van der Waals surface area contributed by atoms with E-state index in [1.54, 1.807) is 12.1 Å². The second-order valence-electron chi connectivity index (χ2n) is 9.36. The second-order valence-corrected chi connectivity index (χ2v) is 9.36. The number of benzene rings is 2. The predicted molar refractivity (Wildman–Crippen MR) is 138 cm³/mol. The number of phenolic OH excluding ortho intramolecular Hbond substituents is 1. The number of aryl methyl sites for hydroxylation is 1. The van der Waals surface area contributed by atoms with Crippen molar-refractivity contribution in [3.8, 4) is 11.5 Å². The highest BCUT2D eigenvalue weighted by molar-refractivity contribution is 6.05. The molecule has 0 aliphatic carbocycles. The van der Waals surface area contributed by atoms with Crippen molar-refractivity contribution >= 4 is 22.6 Å². The molecule has 7 heteroatoms. The van der Waals surface area contributed by atoms with Crippen LogP contribution in [0.2, 0.25) is 0 Å². The van der Waals surface area contributed by atoms with E-state index in [1.807, 2.05) is 39.0 Å². The van der Waals surface area contributed by atoms with E-state index in [9.17, 15) is 14.7 Å². The minimum Gasteiger partial charge on any atom is -0.508 e. The average Bonchev–Trinajstić information content (AvgIpc) is 2.84. The lowest BCUT2D eigenvalue weighted by Crippen LogP contribution is -2.33. The molecule has 1 saturated heterocycles. The molecule has 1 aliphatic heterocycles. The lowest BCUT2D eigenvalue weighted by Gasteiger charge is -2.23. The van der Waals surface area contributed by atoms with Crippen molar-refractivity contribution in [1.29, 1.82) is 0 Å². The number of hydrogen-bond donors (Lipinski definition) is 3. The van der Waals surface area contributed by atoms with Crippen molar-refractivity contribution in [2.45, 2.75) is 40.0 Å². The fraction of sp³-hybridized carbons (Fsp3) is 0.357. The van der Waals surface area contributed by atoms with Crippen LogP contribution in [0.25, 0.3) is 11.0 Å². The Bertz CT molecular complexity index is 1310. The minimum atomic E-state index is -0.633. The SMILES string of the molecule is CC(C)=CCc1cc(C(=O)Nc2cc3ccc(OCC4CCCNC4)c(C)c3oc2=O)ccc1O. The largest absolute Gasteiger partial charge is 0.508 e. The number of anilines is 1. The number of phenols is 1. The molecule has 1 fully saturated rings. The van der Waals surface area contributed by atoms with E-state index in [2.05, 4.69) is 10.6 Å². The molecule has 0 spiro atoms. The summed E-state index contributed by atoms with van der Waals surface area (Å²) >= 11 is 0. The maximum Gasteiger partial charge on any atom is 0.360 e. The molecule has 0 radical (unpaired) electrons. The van der Waals surface area contributed by atoms with E-state index in [0.29, 0.717) is 46.8 Å². The zero-order valence-electron chi connectivity index (χ0n) is 20.4. The molecule has 7 nitrogen and oxygen atoms in total. The van der Waals surface area contributed by atoms with Crippen LogP contribution in [0.1, 0.15) is 48.2 Å². The van der Waals surface area contributed by atoms with Gasteiger partial charge < -0.3 is 24.9 Å². The van der Waals surface area contributed by atoms with Crippen LogP contribution < -0.4 is 21.0 Å². The summed E-state index contributed by atoms with van der Waals surface area (Å²) in [5.74, 6) is 0.826.